The van der Waals surface area contributed by atoms with Crippen molar-refractivity contribution in [2.75, 3.05) is 19.6 Å². The minimum absolute atomic E-state index is 0.544. The average molecular weight is 291 g/mol. The standard InChI is InChI=1S/C17H29N3O/c1-2-19-12-9-17(21,10-13-19)14-15-8-11-20(18-15)16-6-4-3-5-7-16/h8,11,16,21H,2-7,9-10,12-14H2,1H3. The van der Waals surface area contributed by atoms with Crippen molar-refractivity contribution in [3.8, 4) is 0 Å². The average Bonchev–Trinajstić information content (AvgIpc) is 2.97. The number of piperidine rings is 1. The molecule has 0 atom stereocenters. The van der Waals surface area contributed by atoms with Crippen LogP contribution in [-0.2, 0) is 6.42 Å². The van der Waals surface area contributed by atoms with Gasteiger partial charge in [0.2, 0.25) is 0 Å². The van der Waals surface area contributed by atoms with Crippen molar-refractivity contribution in [2.45, 2.75) is 69.9 Å². The van der Waals surface area contributed by atoms with Crippen LogP contribution in [0.15, 0.2) is 12.3 Å². The first kappa shape index (κ1) is 15.0. The number of likely N-dealkylation sites (tertiary alicyclic amines) is 1. The van der Waals surface area contributed by atoms with Crippen LogP contribution in [0.4, 0.5) is 0 Å². The summed E-state index contributed by atoms with van der Waals surface area (Å²) in [5.41, 5.74) is 0.519. The van der Waals surface area contributed by atoms with E-state index in [-0.39, 0.29) is 0 Å². The van der Waals surface area contributed by atoms with E-state index in [0.717, 1.165) is 38.2 Å². The molecule has 1 saturated heterocycles. The summed E-state index contributed by atoms with van der Waals surface area (Å²) in [7, 11) is 0. The van der Waals surface area contributed by atoms with E-state index in [0.29, 0.717) is 12.5 Å². The molecule has 3 rings (SSSR count). The van der Waals surface area contributed by atoms with Crippen molar-refractivity contribution < 1.29 is 5.11 Å². The number of hydrogen-bond acceptors (Lipinski definition) is 3. The Bertz CT molecular complexity index is 443. The number of aromatic nitrogens is 2. The Morgan fingerprint density at radius 3 is 2.62 bits per heavy atom. The van der Waals surface area contributed by atoms with Crippen LogP contribution in [-0.4, -0.2) is 45.0 Å². The van der Waals surface area contributed by atoms with E-state index in [1.807, 2.05) is 0 Å². The van der Waals surface area contributed by atoms with Gasteiger partial charge in [-0.15, -0.1) is 0 Å². The summed E-state index contributed by atoms with van der Waals surface area (Å²) in [4.78, 5) is 2.41. The molecule has 118 valence electrons. The third kappa shape index (κ3) is 3.67. The first-order valence-electron chi connectivity index (χ1n) is 8.67. The molecule has 0 unspecified atom stereocenters. The fourth-order valence-electron chi connectivity index (χ4n) is 3.82. The van der Waals surface area contributed by atoms with Crippen LogP contribution in [0.25, 0.3) is 0 Å². The third-order valence-electron chi connectivity index (χ3n) is 5.36. The van der Waals surface area contributed by atoms with Crippen molar-refractivity contribution in [1.29, 1.82) is 0 Å². The zero-order valence-electron chi connectivity index (χ0n) is 13.3. The Morgan fingerprint density at radius 2 is 1.95 bits per heavy atom. The van der Waals surface area contributed by atoms with E-state index in [9.17, 15) is 5.11 Å². The van der Waals surface area contributed by atoms with Crippen LogP contribution < -0.4 is 0 Å². The highest BCUT2D eigenvalue weighted by atomic mass is 16.3. The lowest BCUT2D eigenvalue weighted by molar-refractivity contribution is -0.0202. The Kier molecular flexibility index (Phi) is 4.65. The monoisotopic (exact) mass is 291 g/mol. The predicted octanol–water partition coefficient (Wildman–Crippen LogP) is 2.78. The molecule has 0 bridgehead atoms. The molecule has 1 saturated carbocycles. The van der Waals surface area contributed by atoms with Gasteiger partial charge in [0.05, 0.1) is 17.3 Å². The molecule has 0 spiro atoms. The summed E-state index contributed by atoms with van der Waals surface area (Å²) in [6.45, 7) is 5.30. The van der Waals surface area contributed by atoms with Crippen LogP contribution in [0.2, 0.25) is 0 Å². The minimum Gasteiger partial charge on any atom is -0.389 e. The van der Waals surface area contributed by atoms with Crippen LogP contribution in [0.3, 0.4) is 0 Å². The molecule has 1 aliphatic carbocycles. The van der Waals surface area contributed by atoms with Crippen LogP contribution in [0, 0.1) is 0 Å². The van der Waals surface area contributed by atoms with E-state index in [4.69, 9.17) is 5.10 Å². The first-order chi connectivity index (χ1) is 10.2. The van der Waals surface area contributed by atoms with E-state index in [1.54, 1.807) is 0 Å². The van der Waals surface area contributed by atoms with Crippen LogP contribution in [0.5, 0.6) is 0 Å². The lowest BCUT2D eigenvalue weighted by Crippen LogP contribution is -2.45. The number of hydrogen-bond donors (Lipinski definition) is 1. The summed E-state index contributed by atoms with van der Waals surface area (Å²) >= 11 is 0. The van der Waals surface area contributed by atoms with Gasteiger partial charge < -0.3 is 10.0 Å². The fourth-order valence-corrected chi connectivity index (χ4v) is 3.82. The van der Waals surface area contributed by atoms with Crippen LogP contribution >= 0.6 is 0 Å². The van der Waals surface area contributed by atoms with Gasteiger partial charge in [0, 0.05) is 25.7 Å². The second-order valence-electron chi connectivity index (χ2n) is 6.91. The van der Waals surface area contributed by atoms with E-state index >= 15 is 0 Å². The molecule has 0 amide bonds. The maximum absolute atomic E-state index is 10.8. The molecule has 0 radical (unpaired) electrons. The van der Waals surface area contributed by atoms with E-state index < -0.39 is 5.60 Å². The predicted molar refractivity (Wildman–Crippen MR) is 84.4 cm³/mol. The van der Waals surface area contributed by atoms with E-state index in [2.05, 4.69) is 28.8 Å². The highest BCUT2D eigenvalue weighted by Gasteiger charge is 2.32. The summed E-state index contributed by atoms with van der Waals surface area (Å²) < 4.78 is 2.15. The van der Waals surface area contributed by atoms with Crippen molar-refractivity contribution in [3.63, 3.8) is 0 Å². The summed E-state index contributed by atoms with van der Waals surface area (Å²) in [6.07, 6.45) is 11.1. The molecule has 2 heterocycles. The molecule has 1 aliphatic heterocycles. The largest absolute Gasteiger partial charge is 0.389 e. The third-order valence-corrected chi connectivity index (χ3v) is 5.36. The minimum atomic E-state index is -0.544. The maximum atomic E-state index is 10.8. The highest BCUT2D eigenvalue weighted by molar-refractivity contribution is 5.06. The van der Waals surface area contributed by atoms with Gasteiger partial charge in [-0.2, -0.15) is 5.10 Å². The van der Waals surface area contributed by atoms with Crippen LogP contribution in [0.1, 0.15) is 63.6 Å². The van der Waals surface area contributed by atoms with Gasteiger partial charge in [-0.25, -0.2) is 0 Å². The molecule has 21 heavy (non-hydrogen) atoms. The second kappa shape index (κ2) is 6.49. The van der Waals surface area contributed by atoms with Gasteiger partial charge in [0.15, 0.2) is 0 Å². The van der Waals surface area contributed by atoms with Gasteiger partial charge in [0.25, 0.3) is 0 Å². The van der Waals surface area contributed by atoms with Gasteiger partial charge >= 0.3 is 0 Å². The molecular formula is C17H29N3O. The van der Waals surface area contributed by atoms with Gasteiger partial charge in [-0.05, 0) is 38.3 Å². The highest BCUT2D eigenvalue weighted by Crippen LogP contribution is 2.29. The number of rotatable bonds is 4. The zero-order valence-corrected chi connectivity index (χ0v) is 13.3. The maximum Gasteiger partial charge on any atom is 0.0728 e. The second-order valence-corrected chi connectivity index (χ2v) is 6.91. The summed E-state index contributed by atoms with van der Waals surface area (Å²) in [5.74, 6) is 0. The Balaban J connectivity index is 1.59. The van der Waals surface area contributed by atoms with Gasteiger partial charge in [-0.1, -0.05) is 26.2 Å². The molecule has 2 aliphatic rings. The fraction of sp³-hybridized carbons (Fsp3) is 0.824. The van der Waals surface area contributed by atoms with Gasteiger partial charge in [0.1, 0.15) is 0 Å². The van der Waals surface area contributed by atoms with Crippen molar-refractivity contribution >= 4 is 0 Å². The first-order valence-corrected chi connectivity index (χ1v) is 8.67. The normalized spacial score (nSPS) is 24.3. The Hall–Kier alpha value is -0.870. The SMILES string of the molecule is CCN1CCC(O)(Cc2ccn(C3CCCCC3)n2)CC1. The summed E-state index contributed by atoms with van der Waals surface area (Å²) in [5, 5.41) is 15.5. The Morgan fingerprint density at radius 1 is 1.24 bits per heavy atom. The Labute approximate surface area is 128 Å². The molecule has 1 N–H and O–H groups in total. The van der Waals surface area contributed by atoms with Crippen molar-refractivity contribution in [2.24, 2.45) is 0 Å². The summed E-state index contributed by atoms with van der Waals surface area (Å²) in [6, 6.07) is 2.70. The smallest absolute Gasteiger partial charge is 0.0728 e. The lowest BCUT2D eigenvalue weighted by atomic mass is 9.87. The topological polar surface area (TPSA) is 41.3 Å². The molecule has 2 fully saturated rings. The molecule has 1 aromatic heterocycles. The van der Waals surface area contributed by atoms with Crippen molar-refractivity contribution in [1.82, 2.24) is 14.7 Å². The molecule has 0 aromatic carbocycles. The number of aliphatic hydroxyl groups is 1. The zero-order chi connectivity index (χ0) is 14.7. The molecular weight excluding hydrogens is 262 g/mol. The molecule has 4 heteroatoms. The molecule has 4 nitrogen and oxygen atoms in total. The van der Waals surface area contributed by atoms with E-state index in [1.165, 1.54) is 32.1 Å². The quantitative estimate of drug-likeness (QED) is 0.927. The van der Waals surface area contributed by atoms with Crippen molar-refractivity contribution in [3.05, 3.63) is 18.0 Å². The number of nitrogens with zero attached hydrogens (tertiary/aromatic N) is 3. The lowest BCUT2D eigenvalue weighted by Gasteiger charge is -2.37. The molecule has 1 aromatic rings. The van der Waals surface area contributed by atoms with Gasteiger partial charge in [-0.3, -0.25) is 4.68 Å².